The number of halogens is 1. The molecule has 0 bridgehead atoms. The van der Waals surface area contributed by atoms with Crippen molar-refractivity contribution in [3.63, 3.8) is 0 Å². The van der Waals surface area contributed by atoms with E-state index in [4.69, 9.17) is 0 Å². The van der Waals surface area contributed by atoms with Crippen molar-refractivity contribution in [2.75, 3.05) is 0 Å². The van der Waals surface area contributed by atoms with Crippen LogP contribution in [0.1, 0.15) is 31.4 Å². The van der Waals surface area contributed by atoms with E-state index in [1.165, 1.54) is 11.1 Å². The predicted octanol–water partition coefficient (Wildman–Crippen LogP) is 3.65. The maximum Gasteiger partial charge on any atom is 0.0207 e. The average Bonchev–Trinajstić information content (AvgIpc) is 2.16. The van der Waals surface area contributed by atoms with Gasteiger partial charge in [-0.1, -0.05) is 52.7 Å². The van der Waals surface area contributed by atoms with Crippen molar-refractivity contribution in [2.24, 2.45) is 0 Å². The van der Waals surface area contributed by atoms with Crippen molar-refractivity contribution < 1.29 is 0 Å². The van der Waals surface area contributed by atoms with E-state index in [1.54, 1.807) is 0 Å². The molecule has 0 saturated carbocycles. The topological polar surface area (TPSA) is 12.0 Å². The molecule has 0 amide bonds. The second-order valence-corrected chi connectivity index (χ2v) is 5.85. The fourth-order valence-corrected chi connectivity index (χ4v) is 2.13. The molecule has 1 nitrogen and oxygen atoms in total. The summed E-state index contributed by atoms with van der Waals surface area (Å²) in [5, 5.41) is 3.52. The molecule has 2 heteroatoms. The van der Waals surface area contributed by atoms with Crippen LogP contribution in [0.3, 0.4) is 0 Å². The maximum absolute atomic E-state index is 3.57. The lowest BCUT2D eigenvalue weighted by Gasteiger charge is -2.15. The molecule has 1 aromatic carbocycles. The first-order valence-electron chi connectivity index (χ1n) is 5.51. The minimum absolute atomic E-state index is 0.556. The quantitative estimate of drug-likeness (QED) is 0.805. The first kappa shape index (κ1) is 12.7. The lowest BCUT2D eigenvalue weighted by molar-refractivity contribution is 0.516. The van der Waals surface area contributed by atoms with Crippen LogP contribution in [0.4, 0.5) is 0 Å². The van der Waals surface area contributed by atoms with Gasteiger partial charge in [-0.15, -0.1) is 0 Å². The van der Waals surface area contributed by atoms with Crippen LogP contribution in [-0.4, -0.2) is 10.9 Å². The number of hydrogen-bond donors (Lipinski definition) is 1. The highest BCUT2D eigenvalue weighted by atomic mass is 79.9. The zero-order valence-electron chi connectivity index (χ0n) is 9.76. The Balaban J connectivity index is 2.33. The fourth-order valence-electron chi connectivity index (χ4n) is 1.57. The number of benzene rings is 1. The van der Waals surface area contributed by atoms with Crippen LogP contribution in [0.5, 0.6) is 0 Å². The van der Waals surface area contributed by atoms with E-state index in [0.29, 0.717) is 10.9 Å². The highest BCUT2D eigenvalue weighted by Gasteiger charge is 2.04. The summed E-state index contributed by atoms with van der Waals surface area (Å²) < 4.78 is 0. The SMILES string of the molecule is Cc1ccc(CNC(C)CC(C)Br)cc1. The van der Waals surface area contributed by atoms with Gasteiger partial charge in [0.15, 0.2) is 0 Å². The van der Waals surface area contributed by atoms with Crippen LogP contribution >= 0.6 is 15.9 Å². The maximum atomic E-state index is 3.57. The van der Waals surface area contributed by atoms with Gasteiger partial charge in [0.05, 0.1) is 0 Å². The van der Waals surface area contributed by atoms with E-state index in [2.05, 4.69) is 66.3 Å². The summed E-state index contributed by atoms with van der Waals surface area (Å²) in [7, 11) is 0. The van der Waals surface area contributed by atoms with Crippen molar-refractivity contribution in [3.05, 3.63) is 35.4 Å². The van der Waals surface area contributed by atoms with Crippen LogP contribution in [0.2, 0.25) is 0 Å². The molecule has 0 radical (unpaired) electrons. The zero-order chi connectivity index (χ0) is 11.3. The molecule has 15 heavy (non-hydrogen) atoms. The van der Waals surface area contributed by atoms with Gasteiger partial charge in [0.25, 0.3) is 0 Å². The summed E-state index contributed by atoms with van der Waals surface area (Å²) in [5.74, 6) is 0. The van der Waals surface area contributed by atoms with E-state index >= 15 is 0 Å². The van der Waals surface area contributed by atoms with Crippen LogP contribution in [0, 0.1) is 6.92 Å². The van der Waals surface area contributed by atoms with E-state index in [0.717, 1.165) is 13.0 Å². The second kappa shape index (κ2) is 6.29. The smallest absolute Gasteiger partial charge is 0.0207 e. The predicted molar refractivity (Wildman–Crippen MR) is 70.5 cm³/mol. The highest BCUT2D eigenvalue weighted by molar-refractivity contribution is 9.09. The first-order valence-corrected chi connectivity index (χ1v) is 6.42. The molecule has 0 aliphatic heterocycles. The molecule has 0 aromatic heterocycles. The molecule has 0 aliphatic carbocycles. The molecule has 0 spiro atoms. The molecule has 0 heterocycles. The number of hydrogen-bond acceptors (Lipinski definition) is 1. The van der Waals surface area contributed by atoms with Gasteiger partial charge in [-0.05, 0) is 25.8 Å². The summed E-state index contributed by atoms with van der Waals surface area (Å²) in [6.07, 6.45) is 1.16. The van der Waals surface area contributed by atoms with E-state index in [9.17, 15) is 0 Å². The van der Waals surface area contributed by atoms with E-state index in [-0.39, 0.29) is 0 Å². The lowest BCUT2D eigenvalue weighted by atomic mass is 10.1. The minimum Gasteiger partial charge on any atom is -0.310 e. The lowest BCUT2D eigenvalue weighted by Crippen LogP contribution is -2.27. The van der Waals surface area contributed by atoms with Crippen LogP contribution < -0.4 is 5.32 Å². The van der Waals surface area contributed by atoms with Crippen molar-refractivity contribution in [1.29, 1.82) is 0 Å². The third-order valence-corrected chi connectivity index (χ3v) is 2.83. The Bertz CT molecular complexity index is 279. The average molecular weight is 270 g/mol. The summed E-state index contributed by atoms with van der Waals surface area (Å²) in [6.45, 7) is 7.49. The molecule has 0 fully saturated rings. The molecule has 2 atom stereocenters. The molecular weight excluding hydrogens is 250 g/mol. The molecule has 1 aromatic rings. The van der Waals surface area contributed by atoms with Crippen LogP contribution in [-0.2, 0) is 6.54 Å². The van der Waals surface area contributed by atoms with Gasteiger partial charge in [0, 0.05) is 17.4 Å². The Morgan fingerprint density at radius 3 is 2.33 bits per heavy atom. The Hall–Kier alpha value is -0.340. The van der Waals surface area contributed by atoms with Crippen LogP contribution in [0.15, 0.2) is 24.3 Å². The number of aryl methyl sites for hydroxylation is 1. The molecule has 1 rings (SSSR count). The van der Waals surface area contributed by atoms with Gasteiger partial charge in [0.1, 0.15) is 0 Å². The largest absolute Gasteiger partial charge is 0.310 e. The summed E-state index contributed by atoms with van der Waals surface area (Å²) >= 11 is 3.57. The fraction of sp³-hybridized carbons (Fsp3) is 0.538. The first-order chi connectivity index (χ1) is 7.08. The highest BCUT2D eigenvalue weighted by Crippen LogP contribution is 2.08. The Morgan fingerprint density at radius 2 is 1.80 bits per heavy atom. The van der Waals surface area contributed by atoms with Gasteiger partial charge in [-0.3, -0.25) is 0 Å². The molecule has 2 unspecified atom stereocenters. The molecule has 0 aliphatic rings. The van der Waals surface area contributed by atoms with Crippen molar-refractivity contribution in [2.45, 2.75) is 44.6 Å². The van der Waals surface area contributed by atoms with E-state index in [1.807, 2.05) is 0 Å². The van der Waals surface area contributed by atoms with Gasteiger partial charge >= 0.3 is 0 Å². The van der Waals surface area contributed by atoms with Crippen LogP contribution in [0.25, 0.3) is 0 Å². The number of rotatable bonds is 5. The molecule has 84 valence electrons. The number of alkyl halides is 1. The Kier molecular flexibility index (Phi) is 5.34. The van der Waals surface area contributed by atoms with Crippen molar-refractivity contribution >= 4 is 15.9 Å². The molecule has 1 N–H and O–H groups in total. The zero-order valence-corrected chi connectivity index (χ0v) is 11.3. The standard InChI is InChI=1S/C13H20BrN/c1-10-4-6-13(7-5-10)9-15-12(3)8-11(2)14/h4-7,11-12,15H,8-9H2,1-3H3. The van der Waals surface area contributed by atoms with E-state index < -0.39 is 0 Å². The van der Waals surface area contributed by atoms with Crippen molar-refractivity contribution in [3.8, 4) is 0 Å². The van der Waals surface area contributed by atoms with Gasteiger partial charge in [0.2, 0.25) is 0 Å². The third kappa shape index (κ3) is 5.33. The summed E-state index contributed by atoms with van der Waals surface area (Å²) in [4.78, 5) is 0.581. The van der Waals surface area contributed by atoms with Gasteiger partial charge in [-0.2, -0.15) is 0 Å². The minimum atomic E-state index is 0.556. The summed E-state index contributed by atoms with van der Waals surface area (Å²) in [6, 6.07) is 9.25. The number of nitrogens with one attached hydrogen (secondary N) is 1. The normalized spacial score (nSPS) is 14.9. The summed E-state index contributed by atoms with van der Waals surface area (Å²) in [5.41, 5.74) is 2.68. The molecular formula is C13H20BrN. The second-order valence-electron chi connectivity index (χ2n) is 4.28. The van der Waals surface area contributed by atoms with Gasteiger partial charge in [-0.25, -0.2) is 0 Å². The molecule has 0 saturated heterocycles. The monoisotopic (exact) mass is 269 g/mol. The van der Waals surface area contributed by atoms with Crippen molar-refractivity contribution in [1.82, 2.24) is 5.32 Å². The van der Waals surface area contributed by atoms with Gasteiger partial charge < -0.3 is 5.32 Å². The third-order valence-electron chi connectivity index (χ3n) is 2.45. The Morgan fingerprint density at radius 1 is 1.20 bits per heavy atom. The Labute approximate surface area is 101 Å².